The summed E-state index contributed by atoms with van der Waals surface area (Å²) >= 11 is 0. The van der Waals surface area contributed by atoms with E-state index < -0.39 is 9.84 Å². The smallest absolute Gasteiger partial charge is 0.230 e. The number of rotatable bonds is 1. The Morgan fingerprint density at radius 1 is 1.16 bits per heavy atom. The number of sulfone groups is 1. The van der Waals surface area contributed by atoms with Gasteiger partial charge in [-0.25, -0.2) is 8.42 Å². The summed E-state index contributed by atoms with van der Waals surface area (Å²) in [6.07, 6.45) is 1.79. The third-order valence-electron chi connectivity index (χ3n) is 4.09. The van der Waals surface area contributed by atoms with Crippen molar-refractivity contribution in [3.05, 3.63) is 35.4 Å². The number of aryl methyl sites for hydroxylation is 1. The van der Waals surface area contributed by atoms with Crippen LogP contribution in [0.3, 0.4) is 0 Å². The van der Waals surface area contributed by atoms with Crippen molar-refractivity contribution < 1.29 is 13.2 Å². The Morgan fingerprint density at radius 3 is 2.58 bits per heavy atom. The van der Waals surface area contributed by atoms with Gasteiger partial charge in [-0.15, -0.1) is 0 Å². The van der Waals surface area contributed by atoms with Crippen molar-refractivity contribution in [2.45, 2.75) is 18.8 Å². The molecular formula is C14H17NO3S. The number of nitrogens with zero attached hydrogens (tertiary/aromatic N) is 1. The largest absolute Gasteiger partial charge is 0.340 e. The summed E-state index contributed by atoms with van der Waals surface area (Å²) in [5.74, 6) is 0.233. The number of hydrogen-bond donors (Lipinski definition) is 0. The van der Waals surface area contributed by atoms with E-state index in [1.807, 2.05) is 18.2 Å². The first-order valence-corrected chi connectivity index (χ1v) is 8.46. The van der Waals surface area contributed by atoms with E-state index in [0.717, 1.165) is 18.4 Å². The Morgan fingerprint density at radius 2 is 1.84 bits per heavy atom. The summed E-state index contributed by atoms with van der Waals surface area (Å²) in [6, 6.07) is 8.05. The molecule has 2 aliphatic rings. The quantitative estimate of drug-likeness (QED) is 0.770. The Labute approximate surface area is 113 Å². The monoisotopic (exact) mass is 279 g/mol. The Bertz CT molecular complexity index is 595. The Kier molecular flexibility index (Phi) is 3.09. The number of carbonyl (C=O) groups is 1. The van der Waals surface area contributed by atoms with Crippen LogP contribution in [0.1, 0.15) is 23.5 Å². The van der Waals surface area contributed by atoms with Gasteiger partial charge < -0.3 is 4.90 Å². The highest BCUT2D eigenvalue weighted by molar-refractivity contribution is 7.91. The SMILES string of the molecule is O=C([C@@H]1CCc2ccccc21)N1CCS(=O)(=O)CC1. The van der Waals surface area contributed by atoms with Gasteiger partial charge in [0.2, 0.25) is 5.91 Å². The summed E-state index contributed by atoms with van der Waals surface area (Å²) in [7, 11) is -2.93. The number of carbonyl (C=O) groups excluding carboxylic acids is 1. The van der Waals surface area contributed by atoms with E-state index in [1.54, 1.807) is 4.90 Å². The maximum Gasteiger partial charge on any atom is 0.230 e. The van der Waals surface area contributed by atoms with Gasteiger partial charge in [-0.2, -0.15) is 0 Å². The lowest BCUT2D eigenvalue weighted by Gasteiger charge is -2.29. The third kappa shape index (κ3) is 2.39. The van der Waals surface area contributed by atoms with Crippen LogP contribution in [-0.4, -0.2) is 43.8 Å². The fourth-order valence-corrected chi connectivity index (χ4v) is 4.17. The lowest BCUT2D eigenvalue weighted by atomic mass is 10.00. The number of amides is 1. The van der Waals surface area contributed by atoms with Gasteiger partial charge in [-0.05, 0) is 24.0 Å². The second-order valence-corrected chi connectivity index (χ2v) is 7.57. The average molecular weight is 279 g/mol. The molecule has 1 fully saturated rings. The van der Waals surface area contributed by atoms with E-state index >= 15 is 0 Å². The van der Waals surface area contributed by atoms with E-state index in [4.69, 9.17) is 0 Å². The van der Waals surface area contributed by atoms with Crippen molar-refractivity contribution in [3.63, 3.8) is 0 Å². The van der Waals surface area contributed by atoms with Crippen molar-refractivity contribution in [1.82, 2.24) is 4.90 Å². The zero-order valence-electron chi connectivity index (χ0n) is 10.7. The minimum Gasteiger partial charge on any atom is -0.340 e. The van der Waals surface area contributed by atoms with Crippen molar-refractivity contribution in [3.8, 4) is 0 Å². The van der Waals surface area contributed by atoms with Crippen LogP contribution in [0.15, 0.2) is 24.3 Å². The molecule has 1 saturated heterocycles. The predicted molar refractivity (Wildman–Crippen MR) is 72.7 cm³/mol. The van der Waals surface area contributed by atoms with E-state index in [0.29, 0.717) is 13.1 Å². The molecule has 0 unspecified atom stereocenters. The fourth-order valence-electron chi connectivity index (χ4n) is 2.97. The molecule has 1 heterocycles. The van der Waals surface area contributed by atoms with E-state index in [-0.39, 0.29) is 23.3 Å². The Balaban J connectivity index is 1.76. The number of benzene rings is 1. The highest BCUT2D eigenvalue weighted by Gasteiger charge is 2.33. The predicted octanol–water partition coefficient (Wildman–Crippen LogP) is 0.973. The summed E-state index contributed by atoms with van der Waals surface area (Å²) in [5, 5.41) is 0. The zero-order valence-corrected chi connectivity index (χ0v) is 11.5. The molecule has 0 N–H and O–H groups in total. The highest BCUT2D eigenvalue weighted by atomic mass is 32.2. The van der Waals surface area contributed by atoms with Crippen molar-refractivity contribution >= 4 is 15.7 Å². The third-order valence-corrected chi connectivity index (χ3v) is 5.70. The first-order valence-electron chi connectivity index (χ1n) is 6.64. The van der Waals surface area contributed by atoms with Gasteiger partial charge >= 0.3 is 0 Å². The first kappa shape index (κ1) is 12.7. The average Bonchev–Trinajstić information content (AvgIpc) is 2.82. The first-order chi connectivity index (χ1) is 9.07. The maximum absolute atomic E-state index is 12.5. The van der Waals surface area contributed by atoms with E-state index in [9.17, 15) is 13.2 Å². The molecule has 0 spiro atoms. The molecule has 0 radical (unpaired) electrons. The molecule has 1 aliphatic heterocycles. The maximum atomic E-state index is 12.5. The van der Waals surface area contributed by atoms with Crippen LogP contribution in [0.4, 0.5) is 0 Å². The molecule has 5 heteroatoms. The minimum absolute atomic E-state index is 0.0722. The molecule has 1 amide bonds. The van der Waals surface area contributed by atoms with Crippen molar-refractivity contribution in [1.29, 1.82) is 0 Å². The number of hydrogen-bond acceptors (Lipinski definition) is 3. The molecule has 19 heavy (non-hydrogen) atoms. The van der Waals surface area contributed by atoms with Crippen molar-refractivity contribution in [2.24, 2.45) is 0 Å². The second-order valence-electron chi connectivity index (χ2n) is 5.27. The van der Waals surface area contributed by atoms with Gasteiger partial charge in [0.1, 0.15) is 0 Å². The summed E-state index contributed by atoms with van der Waals surface area (Å²) in [6.45, 7) is 0.694. The fraction of sp³-hybridized carbons (Fsp3) is 0.500. The van der Waals surface area contributed by atoms with Crippen LogP contribution in [0.5, 0.6) is 0 Å². The number of fused-ring (bicyclic) bond motifs is 1. The van der Waals surface area contributed by atoms with E-state index in [1.165, 1.54) is 5.56 Å². The van der Waals surface area contributed by atoms with Gasteiger partial charge in [0.25, 0.3) is 0 Å². The topological polar surface area (TPSA) is 54.5 Å². The van der Waals surface area contributed by atoms with Crippen LogP contribution in [0.2, 0.25) is 0 Å². The van der Waals surface area contributed by atoms with Crippen LogP contribution in [0.25, 0.3) is 0 Å². The molecule has 0 saturated carbocycles. The normalized spacial score (nSPS) is 25.1. The molecule has 1 aromatic carbocycles. The lowest BCUT2D eigenvalue weighted by Crippen LogP contribution is -2.45. The van der Waals surface area contributed by atoms with Gasteiger partial charge in [-0.3, -0.25) is 4.79 Å². The molecular weight excluding hydrogens is 262 g/mol. The van der Waals surface area contributed by atoms with Gasteiger partial charge in [0, 0.05) is 13.1 Å². The van der Waals surface area contributed by atoms with Crippen LogP contribution < -0.4 is 0 Å². The van der Waals surface area contributed by atoms with Crippen LogP contribution in [0, 0.1) is 0 Å². The molecule has 0 aromatic heterocycles. The molecule has 1 atom stereocenters. The highest BCUT2D eigenvalue weighted by Crippen LogP contribution is 2.34. The molecule has 0 bridgehead atoms. The van der Waals surface area contributed by atoms with Gasteiger partial charge in [-0.1, -0.05) is 24.3 Å². The zero-order chi connectivity index (χ0) is 13.5. The minimum atomic E-state index is -2.93. The summed E-state index contributed by atoms with van der Waals surface area (Å²) in [4.78, 5) is 14.2. The summed E-state index contributed by atoms with van der Waals surface area (Å²) < 4.78 is 22.8. The van der Waals surface area contributed by atoms with Gasteiger partial charge in [0.05, 0.1) is 17.4 Å². The molecule has 3 rings (SSSR count). The van der Waals surface area contributed by atoms with Crippen LogP contribution in [-0.2, 0) is 21.1 Å². The summed E-state index contributed by atoms with van der Waals surface area (Å²) in [5.41, 5.74) is 2.38. The van der Waals surface area contributed by atoms with E-state index in [2.05, 4.69) is 6.07 Å². The molecule has 1 aliphatic carbocycles. The lowest BCUT2D eigenvalue weighted by molar-refractivity contribution is -0.132. The van der Waals surface area contributed by atoms with Gasteiger partial charge in [0.15, 0.2) is 9.84 Å². The Hall–Kier alpha value is -1.36. The standard InChI is InChI=1S/C14H17NO3S/c16-14(15-7-9-19(17,18)10-8-15)13-6-5-11-3-1-2-4-12(11)13/h1-4,13H,5-10H2/t13-/m1/s1. The molecule has 1 aromatic rings. The molecule has 102 valence electrons. The second kappa shape index (κ2) is 4.63. The molecule has 4 nitrogen and oxygen atoms in total. The van der Waals surface area contributed by atoms with Crippen LogP contribution >= 0.6 is 0 Å². The van der Waals surface area contributed by atoms with Crippen molar-refractivity contribution in [2.75, 3.05) is 24.6 Å².